The van der Waals surface area contributed by atoms with Gasteiger partial charge in [-0.15, -0.1) is 11.8 Å². The van der Waals surface area contributed by atoms with Gasteiger partial charge in [0.05, 0.1) is 4.47 Å². The first-order valence-corrected chi connectivity index (χ1v) is 7.19. The van der Waals surface area contributed by atoms with E-state index in [-0.39, 0.29) is 0 Å². The Balaban J connectivity index is 1.92. The van der Waals surface area contributed by atoms with Crippen molar-refractivity contribution < 1.29 is 0 Å². The lowest BCUT2D eigenvalue weighted by atomic mass is 10.2. The van der Waals surface area contributed by atoms with E-state index in [1.165, 1.54) is 5.56 Å². The second-order valence-electron chi connectivity index (χ2n) is 3.65. The van der Waals surface area contributed by atoms with Crippen LogP contribution in [0.4, 0.5) is 0 Å². The van der Waals surface area contributed by atoms with Crippen LogP contribution >= 0.6 is 27.7 Å². The molecule has 0 atom stereocenters. The van der Waals surface area contributed by atoms with Crippen molar-refractivity contribution >= 4 is 27.7 Å². The summed E-state index contributed by atoms with van der Waals surface area (Å²) in [7, 11) is 0. The van der Waals surface area contributed by atoms with Crippen LogP contribution in [0.2, 0.25) is 0 Å². The van der Waals surface area contributed by atoms with Gasteiger partial charge in [-0.1, -0.05) is 30.3 Å². The lowest BCUT2D eigenvalue weighted by Crippen LogP contribution is -1.93. The van der Waals surface area contributed by atoms with Crippen LogP contribution in [0, 0.1) is 6.92 Å². The topological polar surface area (TPSA) is 25.8 Å². The van der Waals surface area contributed by atoms with Gasteiger partial charge in [0, 0.05) is 11.9 Å². The number of halogens is 1. The molecule has 0 radical (unpaired) electrons. The number of hydrogen-bond acceptors (Lipinski definition) is 3. The van der Waals surface area contributed by atoms with Gasteiger partial charge in [-0.05, 0) is 34.8 Å². The number of hydrogen-bond donors (Lipinski definition) is 0. The minimum Gasteiger partial charge on any atom is -0.240 e. The summed E-state index contributed by atoms with van der Waals surface area (Å²) < 4.78 is 0.973. The molecule has 0 saturated heterocycles. The Hall–Kier alpha value is -0.870. The van der Waals surface area contributed by atoms with Gasteiger partial charge in [-0.3, -0.25) is 0 Å². The molecule has 0 unspecified atom stereocenters. The zero-order valence-corrected chi connectivity index (χ0v) is 12.0. The molecule has 2 rings (SSSR count). The molecular weight excluding hydrogens is 296 g/mol. The second-order valence-corrected chi connectivity index (χ2v) is 5.59. The molecule has 0 bridgehead atoms. The van der Waals surface area contributed by atoms with E-state index < -0.39 is 0 Å². The molecule has 17 heavy (non-hydrogen) atoms. The summed E-state index contributed by atoms with van der Waals surface area (Å²) in [5.74, 6) is 1.84. The molecular formula is C13H13BrN2S. The summed E-state index contributed by atoms with van der Waals surface area (Å²) >= 11 is 5.23. The van der Waals surface area contributed by atoms with Crippen molar-refractivity contribution in [2.45, 2.75) is 18.4 Å². The van der Waals surface area contributed by atoms with Crippen molar-refractivity contribution in [2.75, 3.05) is 5.75 Å². The number of aromatic nitrogens is 2. The van der Waals surface area contributed by atoms with E-state index in [1.54, 1.807) is 11.8 Å². The Kier molecular flexibility index (Phi) is 4.57. The molecule has 1 heterocycles. The van der Waals surface area contributed by atoms with Crippen LogP contribution in [0.5, 0.6) is 0 Å². The summed E-state index contributed by atoms with van der Waals surface area (Å²) in [5.41, 5.74) is 1.36. The van der Waals surface area contributed by atoms with E-state index in [0.29, 0.717) is 0 Å². The van der Waals surface area contributed by atoms with Crippen LogP contribution in [0.1, 0.15) is 11.4 Å². The lowest BCUT2D eigenvalue weighted by Gasteiger charge is -2.04. The number of rotatable bonds is 4. The quantitative estimate of drug-likeness (QED) is 0.633. The molecule has 0 spiro atoms. The van der Waals surface area contributed by atoms with Crippen molar-refractivity contribution in [1.82, 2.24) is 9.97 Å². The van der Waals surface area contributed by atoms with Crippen molar-refractivity contribution in [2.24, 2.45) is 0 Å². The summed E-state index contributed by atoms with van der Waals surface area (Å²) in [6.07, 6.45) is 2.87. The van der Waals surface area contributed by atoms with Crippen molar-refractivity contribution in [3.05, 3.63) is 52.4 Å². The predicted molar refractivity (Wildman–Crippen MR) is 75.3 cm³/mol. The smallest absolute Gasteiger partial charge is 0.126 e. The van der Waals surface area contributed by atoms with Gasteiger partial charge in [-0.2, -0.15) is 0 Å². The predicted octanol–water partition coefficient (Wildman–Crippen LogP) is 3.88. The molecule has 0 aliphatic carbocycles. The van der Waals surface area contributed by atoms with Crippen LogP contribution in [0.3, 0.4) is 0 Å². The lowest BCUT2D eigenvalue weighted by molar-refractivity contribution is 0.950. The molecule has 0 saturated carbocycles. The molecule has 0 aliphatic heterocycles. The van der Waals surface area contributed by atoms with Gasteiger partial charge < -0.3 is 0 Å². The minimum atomic E-state index is 0.815. The van der Waals surface area contributed by atoms with Crippen molar-refractivity contribution in [1.29, 1.82) is 0 Å². The molecule has 0 aliphatic rings. The Labute approximate surface area is 114 Å². The minimum absolute atomic E-state index is 0.815. The number of nitrogens with zero attached hydrogens (tertiary/aromatic N) is 2. The summed E-state index contributed by atoms with van der Waals surface area (Å²) in [4.78, 5) is 8.54. The van der Waals surface area contributed by atoms with Gasteiger partial charge in [0.25, 0.3) is 0 Å². The Bertz CT molecular complexity index is 488. The van der Waals surface area contributed by atoms with Crippen LogP contribution in [-0.2, 0) is 6.42 Å². The molecule has 2 aromatic rings. The maximum absolute atomic E-state index is 4.41. The van der Waals surface area contributed by atoms with E-state index in [2.05, 4.69) is 50.2 Å². The van der Waals surface area contributed by atoms with Gasteiger partial charge in [0.1, 0.15) is 10.9 Å². The Morgan fingerprint density at radius 1 is 1.24 bits per heavy atom. The second kappa shape index (κ2) is 6.17. The van der Waals surface area contributed by atoms with Crippen molar-refractivity contribution in [3.63, 3.8) is 0 Å². The number of benzene rings is 1. The SMILES string of the molecule is Cc1ncc(Br)c(SCCc2ccccc2)n1. The van der Waals surface area contributed by atoms with Crippen LogP contribution in [0.15, 0.2) is 46.0 Å². The summed E-state index contributed by atoms with van der Waals surface area (Å²) in [6, 6.07) is 10.5. The largest absolute Gasteiger partial charge is 0.240 e. The molecule has 0 amide bonds. The van der Waals surface area contributed by atoms with E-state index in [9.17, 15) is 0 Å². The summed E-state index contributed by atoms with van der Waals surface area (Å²) in [5, 5.41) is 1.02. The first kappa shape index (κ1) is 12.6. The molecule has 1 aromatic heterocycles. The maximum Gasteiger partial charge on any atom is 0.126 e. The van der Waals surface area contributed by atoms with E-state index in [4.69, 9.17) is 0 Å². The van der Waals surface area contributed by atoms with E-state index >= 15 is 0 Å². The molecule has 0 N–H and O–H groups in total. The summed E-state index contributed by atoms with van der Waals surface area (Å²) in [6.45, 7) is 1.91. The van der Waals surface area contributed by atoms with Crippen molar-refractivity contribution in [3.8, 4) is 0 Å². The standard InChI is InChI=1S/C13H13BrN2S/c1-10-15-9-12(14)13(16-10)17-8-7-11-5-3-2-4-6-11/h2-6,9H,7-8H2,1H3. The average Bonchev–Trinajstić information content (AvgIpc) is 2.35. The molecule has 88 valence electrons. The van der Waals surface area contributed by atoms with Gasteiger partial charge >= 0.3 is 0 Å². The molecule has 0 fully saturated rings. The first-order valence-electron chi connectivity index (χ1n) is 5.41. The zero-order valence-electron chi connectivity index (χ0n) is 9.56. The highest BCUT2D eigenvalue weighted by atomic mass is 79.9. The van der Waals surface area contributed by atoms with Crippen LogP contribution in [-0.4, -0.2) is 15.7 Å². The monoisotopic (exact) mass is 308 g/mol. The molecule has 4 heteroatoms. The zero-order chi connectivity index (χ0) is 12.1. The normalized spacial score (nSPS) is 10.5. The Morgan fingerprint density at radius 3 is 2.76 bits per heavy atom. The fourth-order valence-corrected chi connectivity index (χ4v) is 2.90. The fraction of sp³-hybridized carbons (Fsp3) is 0.231. The van der Waals surface area contributed by atoms with Gasteiger partial charge in [0.2, 0.25) is 0 Å². The van der Waals surface area contributed by atoms with E-state index in [0.717, 1.165) is 27.5 Å². The third-order valence-corrected chi connectivity index (χ3v) is 4.14. The van der Waals surface area contributed by atoms with Crippen LogP contribution < -0.4 is 0 Å². The molecule has 1 aromatic carbocycles. The average molecular weight is 309 g/mol. The highest BCUT2D eigenvalue weighted by Crippen LogP contribution is 2.25. The van der Waals surface area contributed by atoms with E-state index in [1.807, 2.05) is 19.2 Å². The Morgan fingerprint density at radius 2 is 2.00 bits per heavy atom. The molecule has 2 nitrogen and oxygen atoms in total. The fourth-order valence-electron chi connectivity index (χ4n) is 1.45. The first-order chi connectivity index (χ1) is 8.25. The highest BCUT2D eigenvalue weighted by Gasteiger charge is 2.03. The third-order valence-electron chi connectivity index (χ3n) is 2.30. The number of thioether (sulfide) groups is 1. The highest BCUT2D eigenvalue weighted by molar-refractivity contribution is 9.10. The van der Waals surface area contributed by atoms with Crippen LogP contribution in [0.25, 0.3) is 0 Å². The maximum atomic E-state index is 4.41. The van der Waals surface area contributed by atoms with Gasteiger partial charge in [-0.25, -0.2) is 9.97 Å². The third kappa shape index (κ3) is 3.82. The van der Waals surface area contributed by atoms with Gasteiger partial charge in [0.15, 0.2) is 0 Å². The number of aryl methyl sites for hydroxylation is 2.